The summed E-state index contributed by atoms with van der Waals surface area (Å²) in [5, 5.41) is 20.3. The number of primary amides is 1. The van der Waals surface area contributed by atoms with Gasteiger partial charge in [0.2, 0.25) is 11.8 Å². The van der Waals surface area contributed by atoms with E-state index >= 15 is 0 Å². The summed E-state index contributed by atoms with van der Waals surface area (Å²) in [5.74, 6) is -0.548. The number of hydrogen-bond acceptors (Lipinski definition) is 10. The smallest absolute Gasteiger partial charge is 0.407 e. The summed E-state index contributed by atoms with van der Waals surface area (Å²) in [7, 11) is 0. The van der Waals surface area contributed by atoms with Crippen LogP contribution in [0.15, 0.2) is 60.8 Å². The van der Waals surface area contributed by atoms with Crippen molar-refractivity contribution in [2.45, 2.75) is 97.4 Å². The van der Waals surface area contributed by atoms with Crippen molar-refractivity contribution in [1.29, 1.82) is 0 Å². The van der Waals surface area contributed by atoms with Crippen LogP contribution in [0.3, 0.4) is 0 Å². The Balaban J connectivity index is 1.18. The summed E-state index contributed by atoms with van der Waals surface area (Å²) in [6.45, 7) is 13.3. The van der Waals surface area contributed by atoms with E-state index in [0.29, 0.717) is 49.7 Å². The van der Waals surface area contributed by atoms with Gasteiger partial charge in [-0.15, -0.1) is 5.10 Å². The third kappa shape index (κ3) is 10.4. The maximum atomic E-state index is 14.5. The molecular weight excluding hydrogens is 725 g/mol. The Labute approximate surface area is 333 Å². The number of benzene rings is 2. The fourth-order valence-electron chi connectivity index (χ4n) is 7.87. The number of aromatic nitrogens is 5. The summed E-state index contributed by atoms with van der Waals surface area (Å²) in [6, 6.07) is 16.2. The standard InChI is InChI=1S/C42H54N10O5/c1-25-19-35(40(55)51-23-26(2)46-27(3)24-51)44-22-34(25)30-11-7-28(8-12-30)20-36(37(43)53)52(33-17-15-31(16-18-33)38-47-49-50-48-38)39(54)32-13-9-29(10-14-32)21-45-41(56)57-42(4,5)6/h7-8,11-12,15-19,22,26-27,29,32,36,46H,9-10,13-14,20-21,23-24H2,1-6H3,(H2,43,53)(H,45,56)(H,47,48,49,50)/t26?,27?,29-,32-,36-/m0/s1. The fourth-order valence-corrected chi connectivity index (χ4v) is 7.87. The molecule has 302 valence electrons. The van der Waals surface area contributed by atoms with E-state index in [2.05, 4.69) is 50.1 Å². The van der Waals surface area contributed by atoms with Crippen LogP contribution in [0.1, 0.15) is 81.9 Å². The largest absolute Gasteiger partial charge is 0.444 e. The Hall–Kier alpha value is -5.70. The molecule has 3 heterocycles. The van der Waals surface area contributed by atoms with Crippen LogP contribution in [-0.4, -0.2) is 97.7 Å². The van der Waals surface area contributed by atoms with Gasteiger partial charge in [0.25, 0.3) is 5.91 Å². The molecule has 15 heteroatoms. The average Bonchev–Trinajstić information content (AvgIpc) is 3.72. The van der Waals surface area contributed by atoms with Gasteiger partial charge in [-0.25, -0.2) is 9.89 Å². The van der Waals surface area contributed by atoms with Crippen molar-refractivity contribution in [3.05, 3.63) is 77.6 Å². The number of piperazine rings is 1. The molecule has 0 bridgehead atoms. The molecule has 1 aliphatic heterocycles. The van der Waals surface area contributed by atoms with Crippen molar-refractivity contribution in [1.82, 2.24) is 41.1 Å². The molecule has 0 spiro atoms. The van der Waals surface area contributed by atoms with E-state index in [4.69, 9.17) is 10.5 Å². The van der Waals surface area contributed by atoms with E-state index in [9.17, 15) is 19.2 Å². The van der Waals surface area contributed by atoms with E-state index in [-0.39, 0.29) is 42.2 Å². The number of nitrogens with one attached hydrogen (secondary N) is 3. The van der Waals surface area contributed by atoms with Gasteiger partial charge in [-0.2, -0.15) is 0 Å². The number of ether oxygens (including phenoxy) is 1. The normalized spacial score (nSPS) is 20.4. The molecule has 15 nitrogen and oxygen atoms in total. The molecule has 2 unspecified atom stereocenters. The van der Waals surface area contributed by atoms with Crippen molar-refractivity contribution in [2.24, 2.45) is 17.6 Å². The maximum absolute atomic E-state index is 14.5. The number of anilines is 1. The first-order chi connectivity index (χ1) is 27.1. The number of tetrazole rings is 1. The minimum atomic E-state index is -0.975. The number of alkyl carbamates (subject to hydrolysis) is 1. The van der Waals surface area contributed by atoms with Gasteiger partial charge >= 0.3 is 6.09 Å². The zero-order valence-electron chi connectivity index (χ0n) is 33.6. The SMILES string of the molecule is Cc1cc(C(=O)N2CC(C)NC(C)C2)ncc1-c1ccc(C[C@@H](C(N)=O)N(c2ccc(-c3nnn[nH]3)cc2)C(=O)[C@H]2CC[C@H](CNC(=O)OC(C)(C)C)CC2)cc1. The number of carbonyl (C=O) groups is 4. The highest BCUT2D eigenvalue weighted by molar-refractivity contribution is 6.02. The van der Waals surface area contributed by atoms with Crippen molar-refractivity contribution >= 4 is 29.5 Å². The third-order valence-electron chi connectivity index (χ3n) is 10.6. The predicted molar refractivity (Wildman–Crippen MR) is 216 cm³/mol. The second-order valence-corrected chi connectivity index (χ2v) is 16.5. The highest BCUT2D eigenvalue weighted by Crippen LogP contribution is 2.34. The molecule has 0 radical (unpaired) electrons. The molecule has 57 heavy (non-hydrogen) atoms. The number of aromatic amines is 1. The molecule has 2 aromatic carbocycles. The van der Waals surface area contributed by atoms with Gasteiger partial charge in [-0.1, -0.05) is 24.3 Å². The minimum absolute atomic E-state index is 0.0790. The lowest BCUT2D eigenvalue weighted by atomic mass is 9.81. The van der Waals surface area contributed by atoms with E-state index in [1.54, 1.807) is 35.4 Å². The van der Waals surface area contributed by atoms with Crippen LogP contribution in [0, 0.1) is 18.8 Å². The highest BCUT2D eigenvalue weighted by Gasteiger charge is 2.36. The van der Waals surface area contributed by atoms with Crippen LogP contribution < -0.4 is 21.3 Å². The Bertz CT molecular complexity index is 2010. The van der Waals surface area contributed by atoms with Gasteiger partial charge in [0.1, 0.15) is 17.3 Å². The molecule has 4 amide bonds. The number of rotatable bonds is 11. The van der Waals surface area contributed by atoms with Gasteiger partial charge in [0.05, 0.1) is 0 Å². The van der Waals surface area contributed by atoms with Gasteiger partial charge in [0.15, 0.2) is 5.82 Å². The van der Waals surface area contributed by atoms with E-state index in [0.717, 1.165) is 40.7 Å². The first-order valence-corrected chi connectivity index (χ1v) is 19.7. The first-order valence-electron chi connectivity index (χ1n) is 19.7. The number of carbonyl (C=O) groups excluding carboxylic acids is 4. The molecule has 1 saturated carbocycles. The molecule has 6 rings (SSSR count). The molecule has 3 atom stereocenters. The van der Waals surface area contributed by atoms with Gasteiger partial charge in [0, 0.05) is 67.1 Å². The Kier molecular flexibility index (Phi) is 12.7. The minimum Gasteiger partial charge on any atom is -0.444 e. The molecular formula is C42H54N10O5. The highest BCUT2D eigenvalue weighted by atomic mass is 16.6. The van der Waals surface area contributed by atoms with Gasteiger partial charge in [-0.05, 0) is 131 Å². The van der Waals surface area contributed by atoms with Crippen molar-refractivity contribution in [3.63, 3.8) is 0 Å². The number of H-pyrrole nitrogens is 1. The Morgan fingerprint density at radius 3 is 2.19 bits per heavy atom. The molecule has 2 fully saturated rings. The first kappa shape index (κ1) is 40.9. The van der Waals surface area contributed by atoms with Crippen LogP contribution in [0.4, 0.5) is 10.5 Å². The Morgan fingerprint density at radius 2 is 1.61 bits per heavy atom. The third-order valence-corrected chi connectivity index (χ3v) is 10.6. The summed E-state index contributed by atoms with van der Waals surface area (Å²) < 4.78 is 5.38. The summed E-state index contributed by atoms with van der Waals surface area (Å²) in [6.07, 6.45) is 4.14. The topological polar surface area (TPSA) is 201 Å². The molecule has 1 aliphatic carbocycles. The van der Waals surface area contributed by atoms with Gasteiger partial charge < -0.3 is 26.0 Å². The summed E-state index contributed by atoms with van der Waals surface area (Å²) in [4.78, 5) is 61.4. The molecule has 5 N–H and O–H groups in total. The average molecular weight is 779 g/mol. The predicted octanol–water partition coefficient (Wildman–Crippen LogP) is 4.82. The van der Waals surface area contributed by atoms with E-state index in [1.807, 2.05) is 62.9 Å². The monoisotopic (exact) mass is 778 g/mol. The number of hydrogen-bond donors (Lipinski definition) is 4. The lowest BCUT2D eigenvalue weighted by molar-refractivity contribution is -0.127. The van der Waals surface area contributed by atoms with Crippen LogP contribution in [0.2, 0.25) is 0 Å². The van der Waals surface area contributed by atoms with Crippen LogP contribution in [0.25, 0.3) is 22.5 Å². The van der Waals surface area contributed by atoms with Crippen LogP contribution in [-0.2, 0) is 20.7 Å². The van der Waals surface area contributed by atoms with E-state index < -0.39 is 23.6 Å². The summed E-state index contributed by atoms with van der Waals surface area (Å²) >= 11 is 0. The van der Waals surface area contributed by atoms with Crippen LogP contribution >= 0.6 is 0 Å². The Morgan fingerprint density at radius 1 is 0.965 bits per heavy atom. The van der Waals surface area contributed by atoms with E-state index in [1.165, 1.54) is 0 Å². The molecule has 2 aliphatic rings. The van der Waals surface area contributed by atoms with Crippen LogP contribution in [0.5, 0.6) is 0 Å². The lowest BCUT2D eigenvalue weighted by Crippen LogP contribution is -2.55. The molecule has 4 aromatic rings. The lowest BCUT2D eigenvalue weighted by Gasteiger charge is -2.36. The van der Waals surface area contributed by atoms with Crippen molar-refractivity contribution in [2.75, 3.05) is 24.5 Å². The second-order valence-electron chi connectivity index (χ2n) is 16.5. The second kappa shape index (κ2) is 17.6. The number of amides is 4. The zero-order valence-corrected chi connectivity index (χ0v) is 33.6. The maximum Gasteiger partial charge on any atom is 0.407 e. The molecule has 2 aromatic heterocycles. The summed E-state index contributed by atoms with van der Waals surface area (Å²) in [5.41, 5.74) is 10.7. The fraction of sp³-hybridized carbons (Fsp3) is 0.476. The number of nitrogens with zero attached hydrogens (tertiary/aromatic N) is 6. The number of nitrogens with two attached hydrogens (primary N) is 1. The van der Waals surface area contributed by atoms with Crippen molar-refractivity contribution in [3.8, 4) is 22.5 Å². The van der Waals surface area contributed by atoms with Crippen molar-refractivity contribution < 1.29 is 23.9 Å². The zero-order chi connectivity index (χ0) is 40.9. The molecule has 1 saturated heterocycles. The van der Waals surface area contributed by atoms with Gasteiger partial charge in [-0.3, -0.25) is 24.3 Å². The quantitative estimate of drug-likeness (QED) is 0.164. The number of aryl methyl sites for hydroxylation is 1. The number of pyridine rings is 1.